The molecule has 82 valence electrons. The molecule has 1 heterocycles. The van der Waals surface area contributed by atoms with Crippen LogP contribution in [0.1, 0.15) is 23.2 Å². The molecule has 0 atom stereocenters. The fourth-order valence-electron chi connectivity index (χ4n) is 1.29. The first kappa shape index (κ1) is 11.3. The van der Waals surface area contributed by atoms with Gasteiger partial charge in [0.1, 0.15) is 11.6 Å². The smallest absolute Gasteiger partial charge is 0.360 e. The summed E-state index contributed by atoms with van der Waals surface area (Å²) >= 11 is 0. The van der Waals surface area contributed by atoms with Crippen molar-refractivity contribution in [3.8, 4) is 0 Å². The van der Waals surface area contributed by atoms with Crippen LogP contribution in [0.2, 0.25) is 0 Å². The fourth-order valence-corrected chi connectivity index (χ4v) is 1.29. The lowest BCUT2D eigenvalue weighted by Gasteiger charge is -2.03. The van der Waals surface area contributed by atoms with Crippen molar-refractivity contribution in [2.75, 3.05) is 12.3 Å². The van der Waals surface area contributed by atoms with Crippen LogP contribution in [0.3, 0.4) is 0 Å². The van der Waals surface area contributed by atoms with Crippen molar-refractivity contribution in [2.45, 2.75) is 20.4 Å². The molecule has 0 spiro atoms. The van der Waals surface area contributed by atoms with Gasteiger partial charge in [0.05, 0.1) is 6.61 Å². The Morgan fingerprint density at radius 2 is 2.40 bits per heavy atom. The molecular weight excluding hydrogens is 194 g/mol. The number of carbonyl (C=O) groups is 1. The Labute approximate surface area is 88.6 Å². The van der Waals surface area contributed by atoms with Crippen LogP contribution in [0.15, 0.2) is 12.7 Å². The van der Waals surface area contributed by atoms with Gasteiger partial charge < -0.3 is 15.0 Å². The lowest BCUT2D eigenvalue weighted by molar-refractivity contribution is 0.0521. The molecule has 0 aliphatic carbocycles. The molecule has 1 aromatic rings. The molecule has 1 aromatic heterocycles. The van der Waals surface area contributed by atoms with Gasteiger partial charge in [0.25, 0.3) is 0 Å². The van der Waals surface area contributed by atoms with Crippen LogP contribution in [0.4, 0.5) is 5.82 Å². The first-order valence-corrected chi connectivity index (χ1v) is 4.72. The van der Waals surface area contributed by atoms with E-state index in [1.54, 1.807) is 24.5 Å². The van der Waals surface area contributed by atoms with Gasteiger partial charge in [0.15, 0.2) is 5.69 Å². The number of aryl methyl sites for hydroxylation is 1. The highest BCUT2D eigenvalue weighted by atomic mass is 16.5. The minimum Gasteiger partial charge on any atom is -0.461 e. The summed E-state index contributed by atoms with van der Waals surface area (Å²) in [5.41, 5.74) is 5.95. The number of allylic oxidation sites excluding steroid dienone is 1. The number of rotatable bonds is 4. The number of anilines is 1. The van der Waals surface area contributed by atoms with Crippen molar-refractivity contribution in [3.63, 3.8) is 0 Å². The third kappa shape index (κ3) is 2.18. The van der Waals surface area contributed by atoms with E-state index >= 15 is 0 Å². The molecule has 5 heteroatoms. The monoisotopic (exact) mass is 209 g/mol. The molecule has 0 radical (unpaired) electrons. The second kappa shape index (κ2) is 4.63. The molecule has 0 aromatic carbocycles. The van der Waals surface area contributed by atoms with Gasteiger partial charge in [0.2, 0.25) is 0 Å². The second-order valence-electron chi connectivity index (χ2n) is 3.01. The van der Waals surface area contributed by atoms with Crippen molar-refractivity contribution >= 4 is 11.8 Å². The quantitative estimate of drug-likeness (QED) is 0.596. The molecule has 5 nitrogen and oxygen atoms in total. The average molecular weight is 209 g/mol. The zero-order valence-electron chi connectivity index (χ0n) is 8.99. The third-order valence-electron chi connectivity index (χ3n) is 1.98. The Morgan fingerprint density at radius 3 is 2.93 bits per heavy atom. The lowest BCUT2D eigenvalue weighted by Crippen LogP contribution is -2.09. The van der Waals surface area contributed by atoms with Crippen LogP contribution >= 0.6 is 0 Å². The van der Waals surface area contributed by atoms with Gasteiger partial charge in [-0.1, -0.05) is 6.08 Å². The highest BCUT2D eigenvalue weighted by Crippen LogP contribution is 2.15. The van der Waals surface area contributed by atoms with Crippen LogP contribution in [0.25, 0.3) is 0 Å². The number of carbonyl (C=O) groups excluding carboxylic acids is 1. The molecule has 0 unspecified atom stereocenters. The van der Waals surface area contributed by atoms with E-state index in [-0.39, 0.29) is 5.69 Å². The zero-order chi connectivity index (χ0) is 11.4. The number of imidazole rings is 1. The highest BCUT2D eigenvalue weighted by molar-refractivity contribution is 5.92. The normalized spacial score (nSPS) is 10.0. The number of nitrogen functional groups attached to an aromatic ring is 1. The van der Waals surface area contributed by atoms with E-state index in [0.717, 1.165) is 0 Å². The number of aromatic nitrogens is 2. The predicted octanol–water partition coefficient (Wildman–Crippen LogP) is 1.14. The first-order chi connectivity index (χ1) is 7.11. The summed E-state index contributed by atoms with van der Waals surface area (Å²) in [6, 6.07) is 0. The van der Waals surface area contributed by atoms with Crippen molar-refractivity contribution in [3.05, 3.63) is 24.2 Å². The summed E-state index contributed by atoms with van der Waals surface area (Å²) in [5.74, 6) is 0.516. The van der Waals surface area contributed by atoms with Crippen LogP contribution in [0.5, 0.6) is 0 Å². The third-order valence-corrected chi connectivity index (χ3v) is 1.98. The summed E-state index contributed by atoms with van der Waals surface area (Å²) in [6.07, 6.45) is 1.69. The molecule has 0 saturated heterocycles. The zero-order valence-corrected chi connectivity index (χ0v) is 8.99. The Balaban J connectivity index is 3.05. The predicted molar refractivity (Wildman–Crippen MR) is 57.5 cm³/mol. The molecule has 0 amide bonds. The number of nitrogens with two attached hydrogens (primary N) is 1. The van der Waals surface area contributed by atoms with Gasteiger partial charge in [-0.2, -0.15) is 0 Å². The molecular formula is C10H15N3O2. The number of nitrogens with zero attached hydrogens (tertiary/aromatic N) is 2. The van der Waals surface area contributed by atoms with E-state index in [2.05, 4.69) is 11.6 Å². The van der Waals surface area contributed by atoms with E-state index in [1.165, 1.54) is 0 Å². The van der Waals surface area contributed by atoms with Gasteiger partial charge in [0, 0.05) is 6.54 Å². The minimum absolute atomic E-state index is 0.177. The van der Waals surface area contributed by atoms with Crippen LogP contribution in [-0.2, 0) is 11.3 Å². The Bertz CT molecular complexity index is 382. The average Bonchev–Trinajstić information content (AvgIpc) is 2.47. The Kier molecular flexibility index (Phi) is 3.49. The molecule has 0 aliphatic rings. The van der Waals surface area contributed by atoms with Crippen molar-refractivity contribution in [2.24, 2.45) is 0 Å². The van der Waals surface area contributed by atoms with E-state index in [0.29, 0.717) is 24.8 Å². The Morgan fingerprint density at radius 1 is 1.73 bits per heavy atom. The minimum atomic E-state index is -0.485. The van der Waals surface area contributed by atoms with Crippen LogP contribution < -0.4 is 5.73 Å². The standard InChI is InChI=1S/C10H15N3O2/c1-4-6-13-7(3)12-8(9(13)11)10(14)15-5-2/h4H,1,5-6,11H2,2-3H3. The SMILES string of the molecule is C=CCn1c(C)nc(C(=O)OCC)c1N. The molecule has 15 heavy (non-hydrogen) atoms. The fraction of sp³-hybridized carbons (Fsp3) is 0.400. The number of ether oxygens (including phenoxy) is 1. The topological polar surface area (TPSA) is 70.1 Å². The number of hydrogen-bond acceptors (Lipinski definition) is 4. The number of esters is 1. The van der Waals surface area contributed by atoms with E-state index in [1.807, 2.05) is 0 Å². The molecule has 0 aliphatic heterocycles. The van der Waals surface area contributed by atoms with Gasteiger partial charge in [-0.3, -0.25) is 0 Å². The molecule has 0 fully saturated rings. The Hall–Kier alpha value is -1.78. The lowest BCUT2D eigenvalue weighted by atomic mass is 10.4. The van der Waals surface area contributed by atoms with Crippen molar-refractivity contribution in [1.82, 2.24) is 9.55 Å². The van der Waals surface area contributed by atoms with Crippen molar-refractivity contribution < 1.29 is 9.53 Å². The maximum atomic E-state index is 11.4. The van der Waals surface area contributed by atoms with Gasteiger partial charge >= 0.3 is 5.97 Å². The summed E-state index contributed by atoms with van der Waals surface area (Å²) in [6.45, 7) is 7.97. The number of hydrogen-bond donors (Lipinski definition) is 1. The largest absolute Gasteiger partial charge is 0.461 e. The molecule has 0 bridgehead atoms. The van der Waals surface area contributed by atoms with Gasteiger partial charge in [-0.25, -0.2) is 9.78 Å². The summed E-state index contributed by atoms with van der Waals surface area (Å²) < 4.78 is 6.54. The second-order valence-corrected chi connectivity index (χ2v) is 3.01. The van der Waals surface area contributed by atoms with E-state index in [4.69, 9.17) is 10.5 Å². The molecule has 1 rings (SSSR count). The first-order valence-electron chi connectivity index (χ1n) is 4.72. The molecule has 2 N–H and O–H groups in total. The maximum Gasteiger partial charge on any atom is 0.360 e. The van der Waals surface area contributed by atoms with E-state index < -0.39 is 5.97 Å². The van der Waals surface area contributed by atoms with Crippen molar-refractivity contribution in [1.29, 1.82) is 0 Å². The molecule has 0 saturated carbocycles. The van der Waals surface area contributed by atoms with Gasteiger partial charge in [-0.15, -0.1) is 6.58 Å². The summed E-state index contributed by atoms with van der Waals surface area (Å²) in [5, 5.41) is 0. The van der Waals surface area contributed by atoms with Crippen LogP contribution in [-0.4, -0.2) is 22.1 Å². The van der Waals surface area contributed by atoms with E-state index in [9.17, 15) is 4.79 Å². The summed E-state index contributed by atoms with van der Waals surface area (Å²) in [4.78, 5) is 15.5. The highest BCUT2D eigenvalue weighted by Gasteiger charge is 2.18. The van der Waals surface area contributed by atoms with Crippen LogP contribution in [0, 0.1) is 6.92 Å². The van der Waals surface area contributed by atoms with Gasteiger partial charge in [-0.05, 0) is 13.8 Å². The maximum absolute atomic E-state index is 11.4. The summed E-state index contributed by atoms with van der Waals surface area (Å²) in [7, 11) is 0.